The molecule has 1 aromatic carbocycles. The number of carbonyl (C=O) groups is 1. The number of H-pyrrole nitrogens is 1. The molecule has 1 fully saturated rings. The zero-order chi connectivity index (χ0) is 13.2. The Bertz CT molecular complexity index is 579. The largest absolute Gasteiger partial charge is 0.361 e. The van der Waals surface area contributed by atoms with Gasteiger partial charge in [-0.15, -0.1) is 0 Å². The molecule has 0 radical (unpaired) electrons. The maximum Gasteiger partial charge on any atom is 0.251 e. The highest BCUT2D eigenvalue weighted by Crippen LogP contribution is 2.24. The smallest absolute Gasteiger partial charge is 0.251 e. The van der Waals surface area contributed by atoms with Gasteiger partial charge in [0.25, 0.3) is 5.91 Å². The highest BCUT2D eigenvalue weighted by atomic mass is 16.1. The van der Waals surface area contributed by atoms with Crippen molar-refractivity contribution in [2.75, 3.05) is 0 Å². The fourth-order valence-electron chi connectivity index (χ4n) is 2.87. The fraction of sp³-hybridized carbons (Fsp3) is 0.438. The summed E-state index contributed by atoms with van der Waals surface area (Å²) in [6.07, 6.45) is 6.57. The van der Waals surface area contributed by atoms with E-state index in [-0.39, 0.29) is 5.91 Å². The van der Waals surface area contributed by atoms with Crippen molar-refractivity contribution >= 4 is 16.8 Å². The van der Waals surface area contributed by atoms with Crippen LogP contribution in [0.3, 0.4) is 0 Å². The number of rotatable bonds is 2. The molecule has 1 aliphatic carbocycles. The Labute approximate surface area is 113 Å². The van der Waals surface area contributed by atoms with E-state index in [2.05, 4.69) is 17.2 Å². The number of aromatic nitrogens is 1. The van der Waals surface area contributed by atoms with E-state index in [1.807, 2.05) is 30.5 Å². The van der Waals surface area contributed by atoms with Gasteiger partial charge in [0.05, 0.1) is 0 Å². The molecule has 0 saturated heterocycles. The van der Waals surface area contributed by atoms with Crippen LogP contribution in [-0.2, 0) is 0 Å². The minimum absolute atomic E-state index is 0.0580. The zero-order valence-corrected chi connectivity index (χ0v) is 11.3. The second-order valence-electron chi connectivity index (χ2n) is 5.71. The first-order chi connectivity index (χ1) is 9.22. The Kier molecular flexibility index (Phi) is 3.28. The lowest BCUT2D eigenvalue weighted by Gasteiger charge is -2.26. The Balaban J connectivity index is 1.69. The third-order valence-electron chi connectivity index (χ3n) is 4.17. The number of carbonyl (C=O) groups excluding carboxylic acids is 1. The number of hydrogen-bond donors (Lipinski definition) is 2. The van der Waals surface area contributed by atoms with Crippen molar-refractivity contribution in [2.45, 2.75) is 38.6 Å². The van der Waals surface area contributed by atoms with Crippen LogP contribution < -0.4 is 5.32 Å². The summed E-state index contributed by atoms with van der Waals surface area (Å²) in [4.78, 5) is 15.4. The molecular formula is C16H20N2O. The van der Waals surface area contributed by atoms with Crippen LogP contribution in [0.25, 0.3) is 10.9 Å². The van der Waals surface area contributed by atoms with E-state index < -0.39 is 0 Å². The molecule has 0 aliphatic heterocycles. The molecule has 1 heterocycles. The van der Waals surface area contributed by atoms with Crippen molar-refractivity contribution in [3.63, 3.8) is 0 Å². The van der Waals surface area contributed by atoms with Crippen LogP contribution in [0.2, 0.25) is 0 Å². The zero-order valence-electron chi connectivity index (χ0n) is 11.3. The van der Waals surface area contributed by atoms with Gasteiger partial charge in [-0.25, -0.2) is 0 Å². The third-order valence-corrected chi connectivity index (χ3v) is 4.17. The topological polar surface area (TPSA) is 44.9 Å². The van der Waals surface area contributed by atoms with Gasteiger partial charge >= 0.3 is 0 Å². The molecule has 0 atom stereocenters. The van der Waals surface area contributed by atoms with Gasteiger partial charge in [0.15, 0.2) is 0 Å². The molecule has 3 rings (SSSR count). The normalized spacial score (nSPS) is 23.4. The van der Waals surface area contributed by atoms with Gasteiger partial charge < -0.3 is 10.3 Å². The third kappa shape index (κ3) is 2.65. The van der Waals surface area contributed by atoms with E-state index in [9.17, 15) is 4.79 Å². The SMILES string of the molecule is C[C@H]1CC[C@H](NC(=O)c2ccc3[nH]ccc3c2)CC1. The molecule has 1 aliphatic rings. The van der Waals surface area contributed by atoms with Crippen LogP contribution in [0.1, 0.15) is 43.0 Å². The number of benzene rings is 1. The highest BCUT2D eigenvalue weighted by molar-refractivity contribution is 5.98. The summed E-state index contributed by atoms with van der Waals surface area (Å²) < 4.78 is 0. The van der Waals surface area contributed by atoms with Gasteiger partial charge in [-0.2, -0.15) is 0 Å². The van der Waals surface area contributed by atoms with E-state index in [0.717, 1.165) is 35.2 Å². The molecule has 1 saturated carbocycles. The number of nitrogens with one attached hydrogen (secondary N) is 2. The van der Waals surface area contributed by atoms with Gasteiger partial charge in [-0.1, -0.05) is 6.92 Å². The first kappa shape index (κ1) is 12.3. The van der Waals surface area contributed by atoms with Crippen LogP contribution in [0.5, 0.6) is 0 Å². The maximum absolute atomic E-state index is 12.2. The first-order valence-corrected chi connectivity index (χ1v) is 7.10. The van der Waals surface area contributed by atoms with E-state index >= 15 is 0 Å². The minimum atomic E-state index is 0.0580. The van der Waals surface area contributed by atoms with Crippen LogP contribution in [0.4, 0.5) is 0 Å². The van der Waals surface area contributed by atoms with Crippen LogP contribution in [0, 0.1) is 5.92 Å². The van der Waals surface area contributed by atoms with E-state index in [1.54, 1.807) is 0 Å². The summed E-state index contributed by atoms with van der Waals surface area (Å²) in [6.45, 7) is 2.29. The molecule has 1 amide bonds. The van der Waals surface area contributed by atoms with Crippen molar-refractivity contribution in [3.8, 4) is 0 Å². The molecule has 2 N–H and O–H groups in total. The Morgan fingerprint density at radius 1 is 1.21 bits per heavy atom. The van der Waals surface area contributed by atoms with Crippen LogP contribution >= 0.6 is 0 Å². The van der Waals surface area contributed by atoms with E-state index in [0.29, 0.717) is 6.04 Å². The van der Waals surface area contributed by atoms with Crippen molar-refractivity contribution in [1.29, 1.82) is 0 Å². The lowest BCUT2D eigenvalue weighted by Crippen LogP contribution is -2.37. The van der Waals surface area contributed by atoms with Crippen molar-refractivity contribution in [2.24, 2.45) is 5.92 Å². The fourth-order valence-corrected chi connectivity index (χ4v) is 2.87. The van der Waals surface area contributed by atoms with Gasteiger partial charge in [0.1, 0.15) is 0 Å². The van der Waals surface area contributed by atoms with Gasteiger partial charge in [-0.05, 0) is 55.9 Å². The van der Waals surface area contributed by atoms with Crippen LogP contribution in [0.15, 0.2) is 30.5 Å². The first-order valence-electron chi connectivity index (χ1n) is 7.10. The van der Waals surface area contributed by atoms with Crippen LogP contribution in [-0.4, -0.2) is 16.9 Å². The Hall–Kier alpha value is -1.77. The summed E-state index contributed by atoms with van der Waals surface area (Å²) in [5, 5.41) is 4.25. The number of hydrogen-bond acceptors (Lipinski definition) is 1. The number of fused-ring (bicyclic) bond motifs is 1. The maximum atomic E-state index is 12.2. The molecule has 0 bridgehead atoms. The second-order valence-corrected chi connectivity index (χ2v) is 5.71. The predicted molar refractivity (Wildman–Crippen MR) is 77.2 cm³/mol. The molecular weight excluding hydrogens is 236 g/mol. The standard InChI is InChI=1S/C16H20N2O/c1-11-2-5-14(6-3-11)18-16(19)13-4-7-15-12(10-13)8-9-17-15/h4,7-11,14,17H,2-3,5-6H2,1H3,(H,18,19)/t11-,14-. The van der Waals surface area contributed by atoms with Crippen molar-refractivity contribution in [1.82, 2.24) is 10.3 Å². The molecule has 19 heavy (non-hydrogen) atoms. The molecule has 3 nitrogen and oxygen atoms in total. The summed E-state index contributed by atoms with van der Waals surface area (Å²) in [7, 11) is 0. The lowest BCUT2D eigenvalue weighted by atomic mass is 9.87. The number of amides is 1. The van der Waals surface area contributed by atoms with E-state index in [4.69, 9.17) is 0 Å². The molecule has 0 spiro atoms. The molecule has 0 unspecified atom stereocenters. The van der Waals surface area contributed by atoms with Crippen molar-refractivity contribution < 1.29 is 4.79 Å². The highest BCUT2D eigenvalue weighted by Gasteiger charge is 2.20. The second kappa shape index (κ2) is 5.08. The summed E-state index contributed by atoms with van der Waals surface area (Å²) in [5.41, 5.74) is 1.83. The average Bonchev–Trinajstić information content (AvgIpc) is 2.88. The minimum Gasteiger partial charge on any atom is -0.361 e. The molecule has 3 heteroatoms. The van der Waals surface area contributed by atoms with Crippen molar-refractivity contribution in [3.05, 3.63) is 36.0 Å². The summed E-state index contributed by atoms with van der Waals surface area (Å²) in [5.74, 6) is 0.868. The Morgan fingerprint density at radius 2 is 2.00 bits per heavy atom. The summed E-state index contributed by atoms with van der Waals surface area (Å²) in [6, 6.07) is 8.15. The van der Waals surface area contributed by atoms with Gasteiger partial charge in [-0.3, -0.25) is 4.79 Å². The lowest BCUT2D eigenvalue weighted by molar-refractivity contribution is 0.0923. The van der Waals surface area contributed by atoms with E-state index in [1.165, 1.54) is 12.8 Å². The van der Waals surface area contributed by atoms with Gasteiger partial charge in [0.2, 0.25) is 0 Å². The van der Waals surface area contributed by atoms with Gasteiger partial charge in [0, 0.05) is 28.7 Å². The summed E-state index contributed by atoms with van der Waals surface area (Å²) >= 11 is 0. The average molecular weight is 256 g/mol. The monoisotopic (exact) mass is 256 g/mol. The molecule has 2 aromatic rings. The Morgan fingerprint density at radius 3 is 2.79 bits per heavy atom. The number of aromatic amines is 1. The molecule has 100 valence electrons. The predicted octanol–water partition coefficient (Wildman–Crippen LogP) is 3.48. The quantitative estimate of drug-likeness (QED) is 0.849. The molecule has 1 aromatic heterocycles.